The second-order valence-corrected chi connectivity index (χ2v) is 8.39. The summed E-state index contributed by atoms with van der Waals surface area (Å²) in [4.78, 5) is 59.2. The molecule has 0 radical (unpaired) electrons. The van der Waals surface area contributed by atoms with Crippen LogP contribution in [0.4, 0.5) is 13.2 Å². The van der Waals surface area contributed by atoms with E-state index in [-0.39, 0.29) is 17.2 Å². The number of amides is 1. The van der Waals surface area contributed by atoms with Crippen molar-refractivity contribution < 1.29 is 56.8 Å². The monoisotopic (exact) mass is 526 g/mol. The number of hydrogen-bond acceptors (Lipinski definition) is 9. The molecule has 1 aromatic heterocycles. The third kappa shape index (κ3) is 9.90. The van der Waals surface area contributed by atoms with Gasteiger partial charge in [-0.2, -0.15) is 13.2 Å². The van der Waals surface area contributed by atoms with Gasteiger partial charge in [-0.15, -0.1) is 11.3 Å². The molecule has 1 saturated heterocycles. The Hall–Kier alpha value is -3.20. The summed E-state index contributed by atoms with van der Waals surface area (Å²) >= 11 is 1.17. The highest BCUT2D eigenvalue weighted by atomic mass is 32.1. The third-order valence-electron chi connectivity index (χ3n) is 4.79. The number of piperidine rings is 1. The number of rotatable bonds is 8. The van der Waals surface area contributed by atoms with Crippen LogP contribution < -0.4 is 5.32 Å². The molecule has 2 atom stereocenters. The minimum Gasteiger partial charge on any atom is -0.477 e. The number of carboxylic acids is 2. The molecule has 3 N–H and O–H groups in total. The standard InChI is InChI=1S/C18H24N2O7S.C2HF3O2/c1-26-15(21)9-12(18(25)27-2)19-16(22)13-5-3-4-8-20(13)10-11-6-7-14(28-11)17(23)24;3-2(4,5)1(6)7/h6-7,12-13H,3-5,8-10H2,1-2H3,(H,19,22)(H,23,24);(H,6,7)/t12-,13?;/m0./s1. The van der Waals surface area contributed by atoms with E-state index in [1.807, 2.05) is 4.90 Å². The zero-order valence-electron chi connectivity index (χ0n) is 18.8. The number of methoxy groups -OCH3 is 2. The number of thiophene rings is 1. The number of nitrogens with one attached hydrogen (secondary N) is 1. The molecule has 0 bridgehead atoms. The average Bonchev–Trinajstić information content (AvgIpc) is 3.27. The highest BCUT2D eigenvalue weighted by Crippen LogP contribution is 2.24. The van der Waals surface area contributed by atoms with Crippen molar-refractivity contribution in [2.24, 2.45) is 0 Å². The third-order valence-corrected chi connectivity index (χ3v) is 5.85. The van der Waals surface area contributed by atoms with Crippen molar-refractivity contribution in [2.75, 3.05) is 20.8 Å². The number of aliphatic carboxylic acids is 1. The Balaban J connectivity index is 0.000000762. The van der Waals surface area contributed by atoms with Gasteiger partial charge in [-0.3, -0.25) is 14.5 Å². The summed E-state index contributed by atoms with van der Waals surface area (Å²) in [5.74, 6) is -5.45. The summed E-state index contributed by atoms with van der Waals surface area (Å²) in [6.45, 7) is 1.12. The van der Waals surface area contributed by atoms with Gasteiger partial charge < -0.3 is 25.0 Å². The number of aromatic carboxylic acids is 1. The largest absolute Gasteiger partial charge is 0.490 e. The van der Waals surface area contributed by atoms with Crippen LogP contribution in [0.2, 0.25) is 0 Å². The molecule has 0 aliphatic carbocycles. The lowest BCUT2D eigenvalue weighted by atomic mass is 10.0. The van der Waals surface area contributed by atoms with E-state index < -0.39 is 42.1 Å². The number of carbonyl (C=O) groups is 5. The van der Waals surface area contributed by atoms with Gasteiger partial charge in [0.25, 0.3) is 0 Å². The lowest BCUT2D eigenvalue weighted by molar-refractivity contribution is -0.192. The van der Waals surface area contributed by atoms with Gasteiger partial charge >= 0.3 is 30.1 Å². The first-order valence-electron chi connectivity index (χ1n) is 10.1. The van der Waals surface area contributed by atoms with Gasteiger partial charge in [0, 0.05) is 11.4 Å². The summed E-state index contributed by atoms with van der Waals surface area (Å²) in [6.07, 6.45) is -3.01. The zero-order valence-corrected chi connectivity index (χ0v) is 19.6. The minimum atomic E-state index is -5.08. The fraction of sp³-hybridized carbons (Fsp3) is 0.550. The molecular weight excluding hydrogens is 501 g/mol. The van der Waals surface area contributed by atoms with E-state index in [1.54, 1.807) is 12.1 Å². The molecule has 1 amide bonds. The molecule has 1 unspecified atom stereocenters. The molecule has 1 fully saturated rings. The predicted molar refractivity (Wildman–Crippen MR) is 114 cm³/mol. The van der Waals surface area contributed by atoms with Crippen LogP contribution in [0.25, 0.3) is 0 Å². The summed E-state index contributed by atoms with van der Waals surface area (Å²) in [5, 5.41) is 18.8. The van der Waals surface area contributed by atoms with Gasteiger partial charge in [-0.1, -0.05) is 6.42 Å². The summed E-state index contributed by atoms with van der Waals surface area (Å²) in [6, 6.07) is 1.69. The van der Waals surface area contributed by atoms with Crippen LogP contribution in [0.5, 0.6) is 0 Å². The first-order chi connectivity index (χ1) is 16.3. The second kappa shape index (κ2) is 13.6. The maximum Gasteiger partial charge on any atom is 0.490 e. The van der Waals surface area contributed by atoms with Crippen molar-refractivity contribution in [2.45, 2.75) is 50.5 Å². The molecular formula is C20H25F3N2O9S. The number of carbonyl (C=O) groups excluding carboxylic acids is 3. The van der Waals surface area contributed by atoms with Crippen molar-refractivity contribution in [1.82, 2.24) is 10.2 Å². The van der Waals surface area contributed by atoms with Gasteiger partial charge in [-0.05, 0) is 31.5 Å². The molecule has 15 heteroatoms. The molecule has 2 heterocycles. The number of esters is 2. The van der Waals surface area contributed by atoms with E-state index >= 15 is 0 Å². The predicted octanol–water partition coefficient (Wildman–Crippen LogP) is 1.66. The molecule has 196 valence electrons. The summed E-state index contributed by atoms with van der Waals surface area (Å²) in [5.41, 5.74) is 0. The van der Waals surface area contributed by atoms with Crippen LogP contribution in [0.3, 0.4) is 0 Å². The fourth-order valence-corrected chi connectivity index (χ4v) is 3.98. The summed E-state index contributed by atoms with van der Waals surface area (Å²) in [7, 11) is 2.39. The lowest BCUT2D eigenvalue weighted by Gasteiger charge is -2.35. The molecule has 0 spiro atoms. The Kier molecular flexibility index (Phi) is 11.6. The Morgan fingerprint density at radius 2 is 1.77 bits per heavy atom. The Bertz CT molecular complexity index is 920. The van der Waals surface area contributed by atoms with Crippen molar-refractivity contribution in [3.63, 3.8) is 0 Å². The van der Waals surface area contributed by atoms with E-state index in [1.165, 1.54) is 25.6 Å². The number of likely N-dealkylation sites (tertiary alicyclic amines) is 1. The number of halogens is 3. The SMILES string of the molecule is COC(=O)C[C@H](NC(=O)C1CCCCN1Cc1ccc(C(=O)O)s1)C(=O)OC.O=C(O)C(F)(F)F. The van der Waals surface area contributed by atoms with Crippen LogP contribution in [-0.4, -0.2) is 83.9 Å². The maximum absolute atomic E-state index is 12.8. The number of alkyl halides is 3. The van der Waals surface area contributed by atoms with Crippen molar-refractivity contribution >= 4 is 41.1 Å². The fourth-order valence-electron chi connectivity index (χ4n) is 3.11. The molecule has 0 saturated carbocycles. The van der Waals surface area contributed by atoms with Crippen LogP contribution in [0.15, 0.2) is 12.1 Å². The van der Waals surface area contributed by atoms with E-state index in [9.17, 15) is 32.3 Å². The second-order valence-electron chi connectivity index (χ2n) is 7.22. The van der Waals surface area contributed by atoms with E-state index in [4.69, 9.17) is 15.0 Å². The Labute approximate surface area is 201 Å². The van der Waals surface area contributed by atoms with Crippen LogP contribution in [0.1, 0.15) is 40.2 Å². The quantitative estimate of drug-likeness (QED) is 0.425. The number of carboxylic acid groups (broad SMARTS) is 2. The Morgan fingerprint density at radius 1 is 1.14 bits per heavy atom. The molecule has 2 rings (SSSR count). The number of hydrogen-bond donors (Lipinski definition) is 3. The highest BCUT2D eigenvalue weighted by molar-refractivity contribution is 7.13. The van der Waals surface area contributed by atoms with Crippen molar-refractivity contribution in [3.8, 4) is 0 Å². The van der Waals surface area contributed by atoms with Crippen LogP contribution in [-0.2, 0) is 35.2 Å². The van der Waals surface area contributed by atoms with E-state index in [0.29, 0.717) is 19.5 Å². The van der Waals surface area contributed by atoms with Gasteiger partial charge in [0.15, 0.2) is 0 Å². The molecule has 11 nitrogen and oxygen atoms in total. The van der Waals surface area contributed by atoms with Gasteiger partial charge in [-0.25, -0.2) is 14.4 Å². The van der Waals surface area contributed by atoms with Crippen LogP contribution in [0, 0.1) is 0 Å². The smallest absolute Gasteiger partial charge is 0.477 e. The molecule has 1 aliphatic heterocycles. The van der Waals surface area contributed by atoms with Gasteiger partial charge in [0.1, 0.15) is 10.9 Å². The van der Waals surface area contributed by atoms with Crippen molar-refractivity contribution in [1.29, 1.82) is 0 Å². The normalized spacial score (nSPS) is 16.8. The van der Waals surface area contributed by atoms with E-state index in [2.05, 4.69) is 14.8 Å². The molecule has 0 aromatic carbocycles. The summed E-state index contributed by atoms with van der Waals surface area (Å²) < 4.78 is 41.0. The molecule has 1 aromatic rings. The number of ether oxygens (including phenoxy) is 2. The van der Waals surface area contributed by atoms with Crippen LogP contribution >= 0.6 is 11.3 Å². The Morgan fingerprint density at radius 3 is 2.26 bits per heavy atom. The highest BCUT2D eigenvalue weighted by Gasteiger charge is 2.38. The molecule has 35 heavy (non-hydrogen) atoms. The molecule has 1 aliphatic rings. The zero-order chi connectivity index (χ0) is 26.8. The number of nitrogens with zero attached hydrogens (tertiary/aromatic N) is 1. The topological polar surface area (TPSA) is 160 Å². The first kappa shape index (κ1) is 29.8. The maximum atomic E-state index is 12.8. The lowest BCUT2D eigenvalue weighted by Crippen LogP contribution is -2.53. The van der Waals surface area contributed by atoms with E-state index in [0.717, 1.165) is 17.7 Å². The van der Waals surface area contributed by atoms with Crippen molar-refractivity contribution in [3.05, 3.63) is 21.9 Å². The first-order valence-corrected chi connectivity index (χ1v) is 10.9. The van der Waals surface area contributed by atoms with Gasteiger partial charge in [0.2, 0.25) is 5.91 Å². The van der Waals surface area contributed by atoms with Gasteiger partial charge in [0.05, 0.1) is 26.7 Å². The minimum absolute atomic E-state index is 0.247. The average molecular weight is 526 g/mol.